The first-order valence-electron chi connectivity index (χ1n) is 14.4. The van der Waals surface area contributed by atoms with Crippen LogP contribution in [0.3, 0.4) is 0 Å². The Morgan fingerprint density at radius 1 is 0.452 bits per heavy atom. The Kier molecular flexibility index (Phi) is 5.72. The molecule has 0 spiro atoms. The Morgan fingerprint density at radius 3 is 1.64 bits per heavy atom. The van der Waals surface area contributed by atoms with Gasteiger partial charge >= 0.3 is 0 Å². The molecule has 0 aliphatic carbocycles. The van der Waals surface area contributed by atoms with E-state index >= 15 is 0 Å². The van der Waals surface area contributed by atoms with Crippen LogP contribution in [-0.4, -0.2) is 9.55 Å². The zero-order valence-electron chi connectivity index (χ0n) is 23.3. The zero-order valence-corrected chi connectivity index (χ0v) is 23.3. The highest BCUT2D eigenvalue weighted by molar-refractivity contribution is 6.21. The molecule has 0 radical (unpaired) electrons. The van der Waals surface area contributed by atoms with Gasteiger partial charge in [-0.3, -0.25) is 4.57 Å². The molecule has 0 atom stereocenters. The van der Waals surface area contributed by atoms with Crippen molar-refractivity contribution >= 4 is 32.6 Å². The van der Waals surface area contributed by atoms with Gasteiger partial charge in [-0.1, -0.05) is 133 Å². The lowest BCUT2D eigenvalue weighted by atomic mass is 9.85. The van der Waals surface area contributed by atoms with Crippen LogP contribution in [0.2, 0.25) is 0 Å². The van der Waals surface area contributed by atoms with E-state index in [0.717, 1.165) is 28.1 Å². The summed E-state index contributed by atoms with van der Waals surface area (Å²) in [6.07, 6.45) is 0. The molecule has 0 N–H and O–H groups in total. The molecule has 2 nitrogen and oxygen atoms in total. The maximum Gasteiger partial charge on any atom is 0.145 e. The highest BCUT2D eigenvalue weighted by Gasteiger charge is 2.18. The van der Waals surface area contributed by atoms with E-state index in [1.54, 1.807) is 0 Å². The van der Waals surface area contributed by atoms with Crippen LogP contribution >= 0.6 is 0 Å². The Morgan fingerprint density at radius 2 is 1.00 bits per heavy atom. The zero-order chi connectivity index (χ0) is 28.0. The van der Waals surface area contributed by atoms with Crippen LogP contribution in [0.15, 0.2) is 152 Å². The van der Waals surface area contributed by atoms with Gasteiger partial charge in [0.1, 0.15) is 5.82 Å². The van der Waals surface area contributed by atoms with Gasteiger partial charge in [-0.2, -0.15) is 0 Å². The van der Waals surface area contributed by atoms with E-state index in [4.69, 9.17) is 4.98 Å². The van der Waals surface area contributed by atoms with Crippen molar-refractivity contribution in [3.8, 4) is 39.3 Å². The maximum atomic E-state index is 5.08. The summed E-state index contributed by atoms with van der Waals surface area (Å²) in [5.41, 5.74) is 10.6. The minimum atomic E-state index is 0.943. The number of hydrogen-bond donors (Lipinski definition) is 0. The van der Waals surface area contributed by atoms with Gasteiger partial charge in [-0.25, -0.2) is 4.98 Å². The average Bonchev–Trinajstić information content (AvgIpc) is 3.44. The lowest BCUT2D eigenvalue weighted by Crippen LogP contribution is -1.97. The SMILES string of the molecule is Cc1cccc(-c2c3ccccc3c(-c3ccc(-c4nc5ccccc5n4-c4ccccc4)cc3)c3ccccc23)c1. The van der Waals surface area contributed by atoms with Crippen molar-refractivity contribution in [1.82, 2.24) is 9.55 Å². The molecular formula is C40H28N2. The minimum absolute atomic E-state index is 0.943. The quantitative estimate of drug-likeness (QED) is 0.205. The van der Waals surface area contributed by atoms with Crippen molar-refractivity contribution in [2.45, 2.75) is 6.92 Å². The van der Waals surface area contributed by atoms with Gasteiger partial charge in [0.05, 0.1) is 11.0 Å². The second-order valence-electron chi connectivity index (χ2n) is 10.9. The number of fused-ring (bicyclic) bond motifs is 3. The minimum Gasteiger partial charge on any atom is -0.292 e. The molecule has 8 aromatic rings. The largest absolute Gasteiger partial charge is 0.292 e. The molecule has 2 heteroatoms. The lowest BCUT2D eigenvalue weighted by Gasteiger charge is -2.18. The Bertz CT molecular complexity index is 2180. The van der Waals surface area contributed by atoms with Crippen LogP contribution in [-0.2, 0) is 0 Å². The topological polar surface area (TPSA) is 17.8 Å². The van der Waals surface area contributed by atoms with Crippen molar-refractivity contribution in [3.05, 3.63) is 157 Å². The number of aryl methyl sites for hydroxylation is 1. The third-order valence-electron chi connectivity index (χ3n) is 8.25. The number of para-hydroxylation sites is 3. The first kappa shape index (κ1) is 24.3. The Hall–Kier alpha value is -5.47. The highest BCUT2D eigenvalue weighted by Crippen LogP contribution is 2.44. The summed E-state index contributed by atoms with van der Waals surface area (Å²) >= 11 is 0. The van der Waals surface area contributed by atoms with Crippen LogP contribution in [0.25, 0.3) is 71.9 Å². The number of hydrogen-bond acceptors (Lipinski definition) is 1. The van der Waals surface area contributed by atoms with Crippen molar-refractivity contribution < 1.29 is 0 Å². The van der Waals surface area contributed by atoms with E-state index in [1.165, 1.54) is 49.4 Å². The molecule has 0 fully saturated rings. The second kappa shape index (κ2) is 9.87. The Labute approximate surface area is 245 Å². The van der Waals surface area contributed by atoms with E-state index in [1.807, 2.05) is 6.07 Å². The number of rotatable bonds is 4. The molecule has 0 aliphatic rings. The summed E-state index contributed by atoms with van der Waals surface area (Å²) in [7, 11) is 0. The van der Waals surface area contributed by atoms with E-state index in [0.29, 0.717) is 0 Å². The molecule has 0 saturated carbocycles. The number of imidazole rings is 1. The third-order valence-corrected chi connectivity index (χ3v) is 8.25. The third kappa shape index (κ3) is 3.92. The van der Waals surface area contributed by atoms with Crippen LogP contribution in [0.4, 0.5) is 0 Å². The number of nitrogens with zero attached hydrogens (tertiary/aromatic N) is 2. The molecule has 7 aromatic carbocycles. The lowest BCUT2D eigenvalue weighted by molar-refractivity contribution is 1.10. The number of aromatic nitrogens is 2. The van der Waals surface area contributed by atoms with Crippen molar-refractivity contribution in [1.29, 1.82) is 0 Å². The average molecular weight is 537 g/mol. The molecule has 42 heavy (non-hydrogen) atoms. The first-order chi connectivity index (χ1) is 20.8. The van der Waals surface area contributed by atoms with Gasteiger partial charge in [0.15, 0.2) is 0 Å². The van der Waals surface area contributed by atoms with Gasteiger partial charge in [0, 0.05) is 11.3 Å². The molecule has 1 heterocycles. The summed E-state index contributed by atoms with van der Waals surface area (Å²) in [6, 6.07) is 54.3. The van der Waals surface area contributed by atoms with Crippen LogP contribution in [0, 0.1) is 6.92 Å². The van der Waals surface area contributed by atoms with Gasteiger partial charge < -0.3 is 0 Å². The van der Waals surface area contributed by atoms with Gasteiger partial charge in [0.25, 0.3) is 0 Å². The molecule has 0 saturated heterocycles. The van der Waals surface area contributed by atoms with Crippen LogP contribution < -0.4 is 0 Å². The summed E-state index contributed by atoms with van der Waals surface area (Å²) in [4.78, 5) is 5.08. The van der Waals surface area contributed by atoms with Crippen LogP contribution in [0.5, 0.6) is 0 Å². The molecule has 0 bridgehead atoms. The van der Waals surface area contributed by atoms with Gasteiger partial charge in [-0.15, -0.1) is 0 Å². The smallest absolute Gasteiger partial charge is 0.145 e. The van der Waals surface area contributed by atoms with Gasteiger partial charge in [-0.05, 0) is 75.0 Å². The van der Waals surface area contributed by atoms with E-state index < -0.39 is 0 Å². The van der Waals surface area contributed by atoms with Crippen molar-refractivity contribution in [2.24, 2.45) is 0 Å². The second-order valence-corrected chi connectivity index (χ2v) is 10.9. The van der Waals surface area contributed by atoms with E-state index in [-0.39, 0.29) is 0 Å². The monoisotopic (exact) mass is 536 g/mol. The van der Waals surface area contributed by atoms with Crippen molar-refractivity contribution in [2.75, 3.05) is 0 Å². The van der Waals surface area contributed by atoms with Gasteiger partial charge in [0.2, 0.25) is 0 Å². The first-order valence-corrected chi connectivity index (χ1v) is 14.4. The summed E-state index contributed by atoms with van der Waals surface area (Å²) < 4.78 is 2.26. The fraction of sp³-hybridized carbons (Fsp3) is 0.0250. The van der Waals surface area contributed by atoms with E-state index in [9.17, 15) is 0 Å². The van der Waals surface area contributed by atoms with E-state index in [2.05, 4.69) is 157 Å². The van der Waals surface area contributed by atoms with Crippen LogP contribution in [0.1, 0.15) is 5.56 Å². The molecule has 198 valence electrons. The summed E-state index contributed by atoms with van der Waals surface area (Å²) in [5.74, 6) is 0.943. The fourth-order valence-corrected chi connectivity index (χ4v) is 6.40. The molecule has 0 unspecified atom stereocenters. The maximum absolute atomic E-state index is 5.08. The molecule has 0 aliphatic heterocycles. The molecule has 8 rings (SSSR count). The predicted octanol–water partition coefficient (Wildman–Crippen LogP) is 10.6. The molecular weight excluding hydrogens is 508 g/mol. The Balaban J connectivity index is 1.34. The number of benzene rings is 7. The fourth-order valence-electron chi connectivity index (χ4n) is 6.40. The summed E-state index contributed by atoms with van der Waals surface area (Å²) in [6.45, 7) is 2.16. The highest BCUT2D eigenvalue weighted by atomic mass is 15.1. The predicted molar refractivity (Wildman–Crippen MR) is 177 cm³/mol. The standard InChI is InChI=1S/C40H28N2/c1-27-12-11-13-30(26-27)39-34-18-7-5-16-32(34)38(33-17-6-8-19-35(33)39)28-22-24-29(25-23-28)40-41-36-20-9-10-21-37(36)42(40)31-14-3-2-4-15-31/h2-26H,1H3. The molecule has 0 amide bonds. The normalized spacial score (nSPS) is 11.5. The van der Waals surface area contributed by atoms with Crippen molar-refractivity contribution in [3.63, 3.8) is 0 Å². The summed E-state index contributed by atoms with van der Waals surface area (Å²) in [5, 5.41) is 5.06. The molecule has 1 aromatic heterocycles.